The molecule has 0 saturated carbocycles. The van der Waals surface area contributed by atoms with Gasteiger partial charge in [-0.05, 0) is 43.0 Å². The molecule has 3 aliphatic rings. The van der Waals surface area contributed by atoms with Crippen LogP contribution in [0, 0.1) is 0 Å². The number of nitrogens with one attached hydrogen (secondary N) is 1. The maximum absolute atomic E-state index is 13.1. The standard InChI is InChI=1S/C23H26N4O4/c28-13-2-1-5-19(29)16-25-10-3-4-18(15-25)27-22(30)20-7-6-17(14-21(20)23(27)31)26-11-8-24-9-12-26/h3-4,6-7,10,13-14,24H,1-2,5,8-9,11-12,15-16H2. The number of allylic oxidation sites excluding steroid dienone is 2. The molecule has 0 unspecified atom stereocenters. The lowest BCUT2D eigenvalue weighted by Gasteiger charge is -2.29. The first-order valence-corrected chi connectivity index (χ1v) is 10.6. The summed E-state index contributed by atoms with van der Waals surface area (Å²) in [6.45, 7) is 3.97. The zero-order valence-corrected chi connectivity index (χ0v) is 17.4. The minimum atomic E-state index is -0.328. The van der Waals surface area contributed by atoms with E-state index in [1.54, 1.807) is 29.3 Å². The van der Waals surface area contributed by atoms with Crippen LogP contribution in [0.4, 0.5) is 5.69 Å². The third-order valence-electron chi connectivity index (χ3n) is 5.75. The summed E-state index contributed by atoms with van der Waals surface area (Å²) in [5, 5.41) is 3.31. The summed E-state index contributed by atoms with van der Waals surface area (Å²) in [6.07, 6.45) is 7.32. The molecule has 1 aromatic rings. The Kier molecular flexibility index (Phi) is 6.27. The number of hydrogen-bond donors (Lipinski definition) is 1. The van der Waals surface area contributed by atoms with Crippen LogP contribution in [0.2, 0.25) is 0 Å². The number of carbonyl (C=O) groups is 4. The van der Waals surface area contributed by atoms with Crippen molar-refractivity contribution in [1.29, 1.82) is 0 Å². The third kappa shape index (κ3) is 4.44. The summed E-state index contributed by atoms with van der Waals surface area (Å²) in [5.74, 6) is -0.628. The average molecular weight is 422 g/mol. The van der Waals surface area contributed by atoms with Gasteiger partial charge in [0.15, 0.2) is 5.78 Å². The van der Waals surface area contributed by atoms with Crippen molar-refractivity contribution in [3.05, 3.63) is 53.4 Å². The minimum Gasteiger partial charge on any atom is -0.369 e. The van der Waals surface area contributed by atoms with Crippen molar-refractivity contribution in [3.8, 4) is 0 Å². The highest BCUT2D eigenvalue weighted by Gasteiger charge is 2.38. The molecule has 3 heterocycles. The molecule has 0 spiro atoms. The van der Waals surface area contributed by atoms with E-state index in [9.17, 15) is 19.2 Å². The van der Waals surface area contributed by atoms with Crippen LogP contribution in [0.1, 0.15) is 40.0 Å². The molecule has 0 aromatic heterocycles. The lowest BCUT2D eigenvalue weighted by molar-refractivity contribution is -0.119. The second-order valence-corrected chi connectivity index (χ2v) is 7.91. The van der Waals surface area contributed by atoms with Crippen molar-refractivity contribution >= 4 is 29.6 Å². The van der Waals surface area contributed by atoms with Gasteiger partial charge >= 0.3 is 0 Å². The SMILES string of the molecule is O=CCCCC(=O)CN1C=CC=C(N2C(=O)c3ccc(N4CCNCC4)cc3C2=O)C1. The topological polar surface area (TPSA) is 90.0 Å². The molecule has 162 valence electrons. The van der Waals surface area contributed by atoms with Crippen LogP contribution < -0.4 is 10.2 Å². The van der Waals surface area contributed by atoms with Crippen LogP contribution in [-0.2, 0) is 9.59 Å². The highest BCUT2D eigenvalue weighted by atomic mass is 16.2. The number of rotatable bonds is 8. The minimum absolute atomic E-state index is 0.0239. The van der Waals surface area contributed by atoms with E-state index in [0.717, 1.165) is 38.2 Å². The van der Waals surface area contributed by atoms with E-state index in [1.165, 1.54) is 4.90 Å². The van der Waals surface area contributed by atoms with Gasteiger partial charge in [0.1, 0.15) is 6.29 Å². The van der Waals surface area contributed by atoms with E-state index in [-0.39, 0.29) is 24.1 Å². The highest BCUT2D eigenvalue weighted by Crippen LogP contribution is 2.31. The molecule has 0 radical (unpaired) electrons. The largest absolute Gasteiger partial charge is 0.369 e. The van der Waals surface area contributed by atoms with E-state index in [4.69, 9.17) is 0 Å². The molecule has 0 aliphatic carbocycles. The van der Waals surface area contributed by atoms with Crippen molar-refractivity contribution in [2.24, 2.45) is 0 Å². The fourth-order valence-electron chi connectivity index (χ4n) is 4.14. The number of unbranched alkanes of at least 4 members (excludes halogenated alkanes) is 1. The Balaban J connectivity index is 1.45. The summed E-state index contributed by atoms with van der Waals surface area (Å²) in [4.78, 5) is 53.9. The predicted octanol–water partition coefficient (Wildman–Crippen LogP) is 1.34. The zero-order chi connectivity index (χ0) is 21.8. The molecule has 31 heavy (non-hydrogen) atoms. The first kappa shape index (κ1) is 21.0. The van der Waals surface area contributed by atoms with Gasteiger partial charge in [-0.2, -0.15) is 0 Å². The fourth-order valence-corrected chi connectivity index (χ4v) is 4.14. The molecule has 1 aromatic carbocycles. The number of fused-ring (bicyclic) bond motifs is 1. The lowest BCUT2D eigenvalue weighted by atomic mass is 10.1. The number of amides is 2. The number of hydrogen-bond acceptors (Lipinski definition) is 7. The molecule has 3 aliphatic heterocycles. The summed E-state index contributed by atoms with van der Waals surface area (Å²) in [5.41, 5.74) is 2.34. The van der Waals surface area contributed by atoms with Crippen LogP contribution in [0.5, 0.6) is 0 Å². The van der Waals surface area contributed by atoms with Crippen molar-refractivity contribution in [3.63, 3.8) is 0 Å². The Morgan fingerprint density at radius 1 is 1.10 bits per heavy atom. The number of ketones is 1. The molecular weight excluding hydrogens is 396 g/mol. The predicted molar refractivity (Wildman–Crippen MR) is 116 cm³/mol. The van der Waals surface area contributed by atoms with Gasteiger partial charge in [0.25, 0.3) is 11.8 Å². The van der Waals surface area contributed by atoms with Crippen molar-refractivity contribution in [2.45, 2.75) is 19.3 Å². The summed E-state index contributed by atoms with van der Waals surface area (Å²) in [7, 11) is 0. The van der Waals surface area contributed by atoms with Gasteiger partial charge in [0, 0.05) is 50.4 Å². The number of imide groups is 1. The normalized spacial score (nSPS) is 18.3. The van der Waals surface area contributed by atoms with E-state index in [2.05, 4.69) is 10.2 Å². The maximum atomic E-state index is 13.1. The molecule has 1 fully saturated rings. The number of Topliss-reactive ketones (excluding diaryl/α,β-unsaturated/α-hetero) is 1. The maximum Gasteiger partial charge on any atom is 0.266 e. The smallest absolute Gasteiger partial charge is 0.266 e. The number of nitrogens with zero attached hydrogens (tertiary/aromatic N) is 3. The Hall–Kier alpha value is -3.26. The summed E-state index contributed by atoms with van der Waals surface area (Å²) < 4.78 is 0. The van der Waals surface area contributed by atoms with Crippen LogP contribution in [0.25, 0.3) is 0 Å². The number of aldehydes is 1. The quantitative estimate of drug-likeness (QED) is 0.384. The fraction of sp³-hybridized carbons (Fsp3) is 0.391. The van der Waals surface area contributed by atoms with Crippen molar-refractivity contribution in [1.82, 2.24) is 15.1 Å². The molecular formula is C23H26N4O4. The first-order valence-electron chi connectivity index (χ1n) is 10.6. The van der Waals surface area contributed by atoms with Crippen LogP contribution in [-0.4, -0.2) is 73.0 Å². The second kappa shape index (κ2) is 9.26. The van der Waals surface area contributed by atoms with E-state index in [0.29, 0.717) is 42.6 Å². The van der Waals surface area contributed by atoms with Gasteiger partial charge in [0.2, 0.25) is 0 Å². The second-order valence-electron chi connectivity index (χ2n) is 7.91. The third-order valence-corrected chi connectivity index (χ3v) is 5.75. The van der Waals surface area contributed by atoms with Crippen LogP contribution in [0.3, 0.4) is 0 Å². The number of anilines is 1. The summed E-state index contributed by atoms with van der Waals surface area (Å²) in [6, 6.07) is 5.45. The Bertz CT molecular complexity index is 962. The molecule has 2 amide bonds. The molecule has 4 rings (SSSR count). The van der Waals surface area contributed by atoms with Gasteiger partial charge in [-0.1, -0.05) is 0 Å². The van der Waals surface area contributed by atoms with Gasteiger partial charge in [-0.3, -0.25) is 14.4 Å². The number of carbonyl (C=O) groups excluding carboxylic acids is 4. The monoisotopic (exact) mass is 422 g/mol. The highest BCUT2D eigenvalue weighted by molar-refractivity contribution is 6.23. The first-order chi connectivity index (χ1) is 15.1. The van der Waals surface area contributed by atoms with Gasteiger partial charge < -0.3 is 19.9 Å². The average Bonchev–Trinajstić information content (AvgIpc) is 3.04. The Morgan fingerprint density at radius 2 is 1.87 bits per heavy atom. The summed E-state index contributed by atoms with van der Waals surface area (Å²) >= 11 is 0. The van der Waals surface area contributed by atoms with Crippen molar-refractivity contribution in [2.75, 3.05) is 44.2 Å². The molecule has 8 nitrogen and oxygen atoms in total. The molecule has 0 atom stereocenters. The van der Waals surface area contributed by atoms with Gasteiger partial charge in [0.05, 0.1) is 24.2 Å². The lowest BCUT2D eigenvalue weighted by Crippen LogP contribution is -2.43. The molecule has 1 N–H and O–H groups in total. The number of piperazine rings is 1. The van der Waals surface area contributed by atoms with Crippen LogP contribution in [0.15, 0.2) is 42.2 Å². The van der Waals surface area contributed by atoms with E-state index >= 15 is 0 Å². The molecule has 1 saturated heterocycles. The van der Waals surface area contributed by atoms with Gasteiger partial charge in [-0.25, -0.2) is 4.90 Å². The Labute approximate surface area is 181 Å². The number of benzene rings is 1. The van der Waals surface area contributed by atoms with E-state index < -0.39 is 0 Å². The Morgan fingerprint density at radius 3 is 2.65 bits per heavy atom. The van der Waals surface area contributed by atoms with E-state index in [1.807, 2.05) is 12.1 Å². The van der Waals surface area contributed by atoms with Gasteiger partial charge in [-0.15, -0.1) is 0 Å². The molecule has 8 heteroatoms. The van der Waals surface area contributed by atoms with Crippen LogP contribution >= 0.6 is 0 Å². The van der Waals surface area contributed by atoms with Crippen molar-refractivity contribution < 1.29 is 19.2 Å². The zero-order valence-electron chi connectivity index (χ0n) is 17.4. The molecule has 0 bridgehead atoms.